The number of rotatable bonds is 2. The second-order valence-electron chi connectivity index (χ2n) is 3.16. The molecule has 0 N–H and O–H groups in total. The number of benzene rings is 1. The van der Waals surface area contributed by atoms with Crippen LogP contribution in [0.3, 0.4) is 0 Å². The molecule has 0 saturated carbocycles. The second kappa shape index (κ2) is 3.79. The molecule has 0 fully saturated rings. The molecule has 3 nitrogen and oxygen atoms in total. The SMILES string of the molecule is O=S(=O)(Cl)Cc1nccc2ccccc12. The summed E-state index contributed by atoms with van der Waals surface area (Å²) in [4.78, 5) is 4.03. The molecular formula is C10H8ClNO2S. The monoisotopic (exact) mass is 241 g/mol. The summed E-state index contributed by atoms with van der Waals surface area (Å²) < 4.78 is 21.9. The van der Waals surface area contributed by atoms with Gasteiger partial charge in [-0.2, -0.15) is 0 Å². The third-order valence-corrected chi connectivity index (χ3v) is 3.01. The summed E-state index contributed by atoms with van der Waals surface area (Å²) in [5, 5.41) is 1.78. The van der Waals surface area contributed by atoms with Crippen molar-refractivity contribution in [2.75, 3.05) is 0 Å². The van der Waals surface area contributed by atoms with Crippen molar-refractivity contribution in [2.45, 2.75) is 5.75 Å². The van der Waals surface area contributed by atoms with Crippen LogP contribution in [-0.2, 0) is 14.8 Å². The minimum absolute atomic E-state index is 0.240. The third-order valence-electron chi connectivity index (χ3n) is 2.07. The normalized spacial score (nSPS) is 11.8. The standard InChI is InChI=1S/C10H8ClNO2S/c11-15(13,14)7-10-9-4-2-1-3-8(9)5-6-12-10/h1-6H,7H2. The highest BCUT2D eigenvalue weighted by Gasteiger charge is 2.10. The molecule has 78 valence electrons. The van der Waals surface area contributed by atoms with Crippen LogP contribution in [0.4, 0.5) is 0 Å². The van der Waals surface area contributed by atoms with Gasteiger partial charge in [0, 0.05) is 22.3 Å². The summed E-state index contributed by atoms with van der Waals surface area (Å²) in [5.41, 5.74) is 0.489. The predicted molar refractivity (Wildman–Crippen MR) is 60.2 cm³/mol. The molecule has 0 aliphatic heterocycles. The molecule has 0 radical (unpaired) electrons. The fourth-order valence-electron chi connectivity index (χ4n) is 1.46. The maximum atomic E-state index is 11.0. The van der Waals surface area contributed by atoms with Gasteiger partial charge in [-0.1, -0.05) is 24.3 Å². The molecule has 1 aromatic heterocycles. The minimum Gasteiger partial charge on any atom is -0.260 e. The highest BCUT2D eigenvalue weighted by Crippen LogP contribution is 2.19. The Kier molecular flexibility index (Phi) is 2.63. The van der Waals surface area contributed by atoms with E-state index < -0.39 is 9.05 Å². The molecule has 1 heterocycles. The summed E-state index contributed by atoms with van der Waals surface area (Å²) in [6, 6.07) is 9.30. The number of fused-ring (bicyclic) bond motifs is 1. The van der Waals surface area contributed by atoms with Crippen LogP contribution in [0, 0.1) is 0 Å². The zero-order valence-corrected chi connectivity index (χ0v) is 9.29. The molecule has 0 spiro atoms. The number of aromatic nitrogens is 1. The van der Waals surface area contributed by atoms with Crippen LogP contribution in [0.5, 0.6) is 0 Å². The molecule has 0 bridgehead atoms. The van der Waals surface area contributed by atoms with E-state index in [9.17, 15) is 8.42 Å². The molecule has 15 heavy (non-hydrogen) atoms. The predicted octanol–water partition coefficient (Wildman–Crippen LogP) is 2.30. The van der Waals surface area contributed by atoms with E-state index in [0.717, 1.165) is 10.8 Å². The molecule has 2 aromatic rings. The van der Waals surface area contributed by atoms with E-state index in [4.69, 9.17) is 10.7 Å². The van der Waals surface area contributed by atoms with Crippen LogP contribution >= 0.6 is 10.7 Å². The van der Waals surface area contributed by atoms with Crippen LogP contribution in [-0.4, -0.2) is 13.4 Å². The van der Waals surface area contributed by atoms with Gasteiger partial charge in [0.1, 0.15) is 5.75 Å². The fraction of sp³-hybridized carbons (Fsp3) is 0.100. The molecule has 5 heteroatoms. The van der Waals surface area contributed by atoms with E-state index in [-0.39, 0.29) is 5.75 Å². The Morgan fingerprint density at radius 1 is 1.20 bits per heavy atom. The maximum absolute atomic E-state index is 11.0. The molecule has 2 rings (SSSR count). The number of hydrogen-bond donors (Lipinski definition) is 0. The Balaban J connectivity index is 2.61. The fourth-order valence-corrected chi connectivity index (χ4v) is 2.33. The number of nitrogens with zero attached hydrogens (tertiary/aromatic N) is 1. The Labute approximate surface area is 92.1 Å². The van der Waals surface area contributed by atoms with Crippen molar-refractivity contribution in [1.29, 1.82) is 0 Å². The van der Waals surface area contributed by atoms with Gasteiger partial charge in [-0.15, -0.1) is 0 Å². The quantitative estimate of drug-likeness (QED) is 0.758. The Morgan fingerprint density at radius 2 is 1.93 bits per heavy atom. The third kappa shape index (κ3) is 2.46. The van der Waals surface area contributed by atoms with Crippen LogP contribution in [0.2, 0.25) is 0 Å². The van der Waals surface area contributed by atoms with Crippen molar-refractivity contribution in [3.63, 3.8) is 0 Å². The topological polar surface area (TPSA) is 47.0 Å². The summed E-state index contributed by atoms with van der Waals surface area (Å²) in [7, 11) is 1.64. The average Bonchev–Trinajstić information content (AvgIpc) is 2.16. The second-order valence-corrected chi connectivity index (χ2v) is 5.94. The summed E-state index contributed by atoms with van der Waals surface area (Å²) >= 11 is 0. The first-order valence-corrected chi connectivity index (χ1v) is 6.79. The summed E-state index contributed by atoms with van der Waals surface area (Å²) in [6.07, 6.45) is 1.58. The van der Waals surface area contributed by atoms with E-state index >= 15 is 0 Å². The van der Waals surface area contributed by atoms with Crippen molar-refractivity contribution < 1.29 is 8.42 Å². The molecular weight excluding hydrogens is 234 g/mol. The van der Waals surface area contributed by atoms with Crippen LogP contribution < -0.4 is 0 Å². The largest absolute Gasteiger partial charge is 0.260 e. The molecule has 0 saturated heterocycles. The first-order chi connectivity index (χ1) is 7.06. The Hall–Kier alpha value is -1.13. The van der Waals surface area contributed by atoms with E-state index in [2.05, 4.69) is 4.98 Å². The Bertz CT molecular complexity index is 590. The van der Waals surface area contributed by atoms with Gasteiger partial charge in [-0.05, 0) is 11.5 Å². The highest BCUT2D eigenvalue weighted by molar-refractivity contribution is 8.13. The smallest absolute Gasteiger partial charge is 0.238 e. The molecule has 0 aliphatic carbocycles. The lowest BCUT2D eigenvalue weighted by Crippen LogP contribution is -1.98. The maximum Gasteiger partial charge on any atom is 0.238 e. The van der Waals surface area contributed by atoms with Crippen LogP contribution in [0.1, 0.15) is 5.69 Å². The first kappa shape index (κ1) is 10.4. The van der Waals surface area contributed by atoms with Gasteiger partial charge < -0.3 is 0 Å². The highest BCUT2D eigenvalue weighted by atomic mass is 35.7. The number of halogens is 1. The molecule has 0 unspecified atom stereocenters. The minimum atomic E-state index is -3.56. The van der Waals surface area contributed by atoms with E-state index in [1.54, 1.807) is 6.20 Å². The van der Waals surface area contributed by atoms with Gasteiger partial charge in [0.2, 0.25) is 9.05 Å². The lowest BCUT2D eigenvalue weighted by Gasteiger charge is -2.02. The average molecular weight is 242 g/mol. The van der Waals surface area contributed by atoms with E-state index in [1.807, 2.05) is 30.3 Å². The zero-order chi connectivity index (χ0) is 10.9. The van der Waals surface area contributed by atoms with E-state index in [1.165, 1.54) is 0 Å². The van der Waals surface area contributed by atoms with Gasteiger partial charge in [0.15, 0.2) is 0 Å². The van der Waals surface area contributed by atoms with Gasteiger partial charge in [0.25, 0.3) is 0 Å². The number of hydrogen-bond acceptors (Lipinski definition) is 3. The molecule has 0 amide bonds. The van der Waals surface area contributed by atoms with Crippen LogP contribution in [0.15, 0.2) is 36.5 Å². The summed E-state index contributed by atoms with van der Waals surface area (Å²) in [6.45, 7) is 0. The Morgan fingerprint density at radius 3 is 2.67 bits per heavy atom. The van der Waals surface area contributed by atoms with Crippen molar-refractivity contribution >= 4 is 30.5 Å². The van der Waals surface area contributed by atoms with E-state index in [0.29, 0.717) is 5.69 Å². The van der Waals surface area contributed by atoms with Crippen molar-refractivity contribution in [1.82, 2.24) is 4.98 Å². The van der Waals surface area contributed by atoms with Crippen LogP contribution in [0.25, 0.3) is 10.8 Å². The molecule has 1 aromatic carbocycles. The van der Waals surface area contributed by atoms with Gasteiger partial charge >= 0.3 is 0 Å². The van der Waals surface area contributed by atoms with Crippen molar-refractivity contribution in [2.24, 2.45) is 0 Å². The summed E-state index contributed by atoms with van der Waals surface area (Å²) in [5.74, 6) is -0.240. The molecule has 0 atom stereocenters. The number of pyridine rings is 1. The molecule has 0 aliphatic rings. The van der Waals surface area contributed by atoms with Crippen molar-refractivity contribution in [3.05, 3.63) is 42.2 Å². The van der Waals surface area contributed by atoms with Gasteiger partial charge in [-0.3, -0.25) is 4.98 Å². The van der Waals surface area contributed by atoms with Gasteiger partial charge in [0.05, 0.1) is 5.69 Å². The zero-order valence-electron chi connectivity index (χ0n) is 7.72. The van der Waals surface area contributed by atoms with Gasteiger partial charge in [-0.25, -0.2) is 8.42 Å². The lowest BCUT2D eigenvalue weighted by molar-refractivity contribution is 0.608. The van der Waals surface area contributed by atoms with Crippen molar-refractivity contribution in [3.8, 4) is 0 Å². The lowest BCUT2D eigenvalue weighted by atomic mass is 10.1. The first-order valence-electron chi connectivity index (χ1n) is 4.31.